The number of aliphatic hydroxyl groups excluding tert-OH is 1. The molecule has 1 rings (SSSR count). The fourth-order valence-electron chi connectivity index (χ4n) is 1.18. The molecule has 3 heteroatoms. The molecule has 0 aromatic heterocycles. The molecule has 0 radical (unpaired) electrons. The fourth-order valence-corrected chi connectivity index (χ4v) is 1.18. The molecule has 1 aliphatic heterocycles. The molecule has 0 aromatic rings. The highest BCUT2D eigenvalue weighted by Crippen LogP contribution is 2.04. The van der Waals surface area contributed by atoms with Crippen LogP contribution in [0.2, 0.25) is 0 Å². The van der Waals surface area contributed by atoms with Crippen LogP contribution in [0.3, 0.4) is 0 Å². The van der Waals surface area contributed by atoms with Gasteiger partial charge >= 0.3 is 0 Å². The summed E-state index contributed by atoms with van der Waals surface area (Å²) >= 11 is 0. The largest absolute Gasteiger partial charge is 0.389 e. The molecule has 12 heavy (non-hydrogen) atoms. The number of rotatable bonds is 3. The molecule has 3 nitrogen and oxygen atoms in total. The van der Waals surface area contributed by atoms with Crippen LogP contribution in [0.1, 0.15) is 13.3 Å². The second-order valence-corrected chi connectivity index (χ2v) is 2.84. The second kappa shape index (κ2) is 5.15. The monoisotopic (exact) mass is 169 g/mol. The Morgan fingerprint density at radius 2 is 2.42 bits per heavy atom. The summed E-state index contributed by atoms with van der Waals surface area (Å²) in [4.78, 5) is 0. The third-order valence-corrected chi connectivity index (χ3v) is 1.88. The van der Waals surface area contributed by atoms with Crippen molar-refractivity contribution in [3.8, 4) is 11.8 Å². The van der Waals surface area contributed by atoms with E-state index < -0.39 is 0 Å². The quantitative estimate of drug-likeness (QED) is 0.452. The summed E-state index contributed by atoms with van der Waals surface area (Å²) in [7, 11) is 0. The lowest BCUT2D eigenvalue weighted by Crippen LogP contribution is -2.39. The van der Waals surface area contributed by atoms with Crippen LogP contribution in [0.25, 0.3) is 0 Å². The Bertz CT molecular complexity index is 183. The van der Waals surface area contributed by atoms with Gasteiger partial charge in [0.1, 0.15) is 0 Å². The molecule has 1 saturated heterocycles. The highest BCUT2D eigenvalue weighted by Gasteiger charge is 2.24. The van der Waals surface area contributed by atoms with Gasteiger partial charge in [-0.2, -0.15) is 0 Å². The molecular formula is C9H15NO2. The summed E-state index contributed by atoms with van der Waals surface area (Å²) in [6.45, 7) is 3.72. The first-order valence-corrected chi connectivity index (χ1v) is 4.23. The van der Waals surface area contributed by atoms with E-state index in [1.165, 1.54) is 0 Å². The fraction of sp³-hybridized carbons (Fsp3) is 0.778. The number of nitrogens with one attached hydrogen (secondary N) is 1. The van der Waals surface area contributed by atoms with Gasteiger partial charge in [0.05, 0.1) is 25.4 Å². The van der Waals surface area contributed by atoms with Crippen LogP contribution in [0.5, 0.6) is 0 Å². The molecule has 0 aliphatic carbocycles. The van der Waals surface area contributed by atoms with Crippen molar-refractivity contribution in [2.45, 2.75) is 25.5 Å². The summed E-state index contributed by atoms with van der Waals surface area (Å²) in [6.07, 6.45) is 0.485. The van der Waals surface area contributed by atoms with E-state index in [-0.39, 0.29) is 12.1 Å². The topological polar surface area (TPSA) is 41.5 Å². The van der Waals surface area contributed by atoms with Crippen LogP contribution in [0.4, 0.5) is 0 Å². The van der Waals surface area contributed by atoms with Gasteiger partial charge in [0.25, 0.3) is 0 Å². The van der Waals surface area contributed by atoms with Gasteiger partial charge in [0.15, 0.2) is 0 Å². The van der Waals surface area contributed by atoms with Crippen molar-refractivity contribution in [1.82, 2.24) is 5.32 Å². The predicted octanol–water partition coefficient (Wildman–Crippen LogP) is -0.251. The van der Waals surface area contributed by atoms with Crippen LogP contribution < -0.4 is 5.32 Å². The molecule has 0 amide bonds. The molecule has 0 unspecified atom stereocenters. The van der Waals surface area contributed by atoms with Gasteiger partial charge < -0.3 is 15.2 Å². The third kappa shape index (κ3) is 2.82. The Balaban J connectivity index is 2.08. The lowest BCUT2D eigenvalue weighted by atomic mass is 10.2. The first kappa shape index (κ1) is 9.53. The minimum atomic E-state index is -0.348. The average molecular weight is 169 g/mol. The number of hydrogen-bond acceptors (Lipinski definition) is 3. The first-order chi connectivity index (χ1) is 5.84. The zero-order chi connectivity index (χ0) is 8.81. The van der Waals surface area contributed by atoms with E-state index in [9.17, 15) is 5.11 Å². The van der Waals surface area contributed by atoms with E-state index in [0.29, 0.717) is 13.2 Å². The van der Waals surface area contributed by atoms with E-state index in [0.717, 1.165) is 13.0 Å². The Labute approximate surface area is 73.1 Å². The third-order valence-electron chi connectivity index (χ3n) is 1.88. The number of ether oxygens (including phenoxy) is 1. The predicted molar refractivity (Wildman–Crippen MR) is 46.7 cm³/mol. The molecule has 1 heterocycles. The minimum absolute atomic E-state index is 0.101. The highest BCUT2D eigenvalue weighted by molar-refractivity contribution is 4.95. The summed E-state index contributed by atoms with van der Waals surface area (Å²) in [5, 5.41) is 12.5. The minimum Gasteiger partial charge on any atom is -0.389 e. The van der Waals surface area contributed by atoms with Crippen molar-refractivity contribution >= 4 is 0 Å². The van der Waals surface area contributed by atoms with Crippen molar-refractivity contribution in [2.24, 2.45) is 0 Å². The molecule has 0 saturated carbocycles. The second-order valence-electron chi connectivity index (χ2n) is 2.84. The van der Waals surface area contributed by atoms with Crippen LogP contribution in [-0.4, -0.2) is 37.0 Å². The number of aliphatic hydroxyl groups is 1. The average Bonchev–Trinajstić information content (AvgIpc) is 2.46. The van der Waals surface area contributed by atoms with E-state index in [1.807, 2.05) is 6.92 Å². The maximum atomic E-state index is 9.32. The van der Waals surface area contributed by atoms with Crippen molar-refractivity contribution in [1.29, 1.82) is 0 Å². The van der Waals surface area contributed by atoms with Crippen molar-refractivity contribution in [3.63, 3.8) is 0 Å². The van der Waals surface area contributed by atoms with E-state index in [4.69, 9.17) is 4.74 Å². The lowest BCUT2D eigenvalue weighted by molar-refractivity contribution is 0.122. The van der Waals surface area contributed by atoms with Crippen LogP contribution in [0.15, 0.2) is 0 Å². The summed E-state index contributed by atoms with van der Waals surface area (Å²) < 4.78 is 5.08. The molecule has 2 N–H and O–H groups in total. The maximum Gasteiger partial charge on any atom is 0.0948 e. The van der Waals surface area contributed by atoms with Crippen molar-refractivity contribution in [3.05, 3.63) is 0 Å². The van der Waals surface area contributed by atoms with E-state index >= 15 is 0 Å². The Morgan fingerprint density at radius 3 is 3.00 bits per heavy atom. The van der Waals surface area contributed by atoms with Crippen molar-refractivity contribution in [2.75, 3.05) is 19.8 Å². The van der Waals surface area contributed by atoms with Gasteiger partial charge in [-0.1, -0.05) is 0 Å². The van der Waals surface area contributed by atoms with Crippen LogP contribution in [0, 0.1) is 11.8 Å². The van der Waals surface area contributed by atoms with E-state index in [2.05, 4.69) is 17.2 Å². The van der Waals surface area contributed by atoms with Gasteiger partial charge in [0, 0.05) is 13.0 Å². The molecule has 2 atom stereocenters. The Morgan fingerprint density at radius 1 is 1.58 bits per heavy atom. The normalized spacial score (nSPS) is 28.2. The Hall–Kier alpha value is -0.560. The summed E-state index contributed by atoms with van der Waals surface area (Å²) in [6, 6.07) is 0.101. The molecule has 0 bridgehead atoms. The lowest BCUT2D eigenvalue weighted by Gasteiger charge is -2.12. The summed E-state index contributed by atoms with van der Waals surface area (Å²) in [5.41, 5.74) is 0. The zero-order valence-corrected chi connectivity index (χ0v) is 7.34. The molecular weight excluding hydrogens is 154 g/mol. The molecule has 68 valence electrons. The molecule has 1 aliphatic rings. The molecule has 0 aromatic carbocycles. The van der Waals surface area contributed by atoms with Crippen LogP contribution >= 0.6 is 0 Å². The maximum absolute atomic E-state index is 9.32. The van der Waals surface area contributed by atoms with Gasteiger partial charge in [-0.15, -0.1) is 11.8 Å². The summed E-state index contributed by atoms with van der Waals surface area (Å²) in [5.74, 6) is 5.77. The van der Waals surface area contributed by atoms with Crippen molar-refractivity contribution < 1.29 is 9.84 Å². The molecule has 0 spiro atoms. The standard InChI is InChI=1S/C9H15NO2/c1-2-3-4-5-10-8-6-12-7-9(8)11/h8-11H,4-7H2,1H3/t8-,9-/m1/s1. The van der Waals surface area contributed by atoms with E-state index in [1.54, 1.807) is 0 Å². The van der Waals surface area contributed by atoms with Gasteiger partial charge in [-0.05, 0) is 6.92 Å². The zero-order valence-electron chi connectivity index (χ0n) is 7.34. The smallest absolute Gasteiger partial charge is 0.0948 e. The highest BCUT2D eigenvalue weighted by atomic mass is 16.5. The number of hydrogen-bond donors (Lipinski definition) is 2. The van der Waals surface area contributed by atoms with Crippen LogP contribution in [-0.2, 0) is 4.74 Å². The molecule has 1 fully saturated rings. The van der Waals surface area contributed by atoms with Gasteiger partial charge in [-0.3, -0.25) is 0 Å². The first-order valence-electron chi connectivity index (χ1n) is 4.23. The van der Waals surface area contributed by atoms with Gasteiger partial charge in [-0.25, -0.2) is 0 Å². The SMILES string of the molecule is CC#CCCN[C@@H]1COC[C@H]1O. The van der Waals surface area contributed by atoms with Gasteiger partial charge in [0.2, 0.25) is 0 Å². The Kier molecular flexibility index (Phi) is 4.09.